The first-order valence-corrected chi connectivity index (χ1v) is 6.60. The van der Waals surface area contributed by atoms with E-state index in [1.165, 1.54) is 0 Å². The predicted molar refractivity (Wildman–Crippen MR) is 77.9 cm³/mol. The van der Waals surface area contributed by atoms with Crippen molar-refractivity contribution in [2.45, 2.75) is 41.0 Å². The zero-order valence-electron chi connectivity index (χ0n) is 12.3. The topological polar surface area (TPSA) is 50.4 Å². The van der Waals surface area contributed by atoms with E-state index >= 15 is 0 Å². The van der Waals surface area contributed by atoms with Gasteiger partial charge in [-0.2, -0.15) is 0 Å². The Morgan fingerprint density at radius 1 is 1.32 bits per heavy atom. The Kier molecular flexibility index (Phi) is 5.16. The van der Waals surface area contributed by atoms with E-state index in [1.54, 1.807) is 19.1 Å². The van der Waals surface area contributed by atoms with Crippen LogP contribution in [0.2, 0.25) is 0 Å². The van der Waals surface area contributed by atoms with E-state index in [1.807, 2.05) is 6.92 Å². The van der Waals surface area contributed by atoms with Crippen LogP contribution in [0.3, 0.4) is 0 Å². The van der Waals surface area contributed by atoms with Crippen molar-refractivity contribution in [2.75, 3.05) is 0 Å². The lowest BCUT2D eigenvalue weighted by Crippen LogP contribution is -1.88. The molecule has 0 aliphatic heterocycles. The van der Waals surface area contributed by atoms with Crippen LogP contribution in [0.1, 0.15) is 49.4 Å². The molecule has 0 atom stereocenters. The van der Waals surface area contributed by atoms with E-state index in [0.29, 0.717) is 28.7 Å². The fraction of sp³-hybridized carbons (Fsp3) is 0.438. The molecule has 0 aliphatic rings. The second kappa shape index (κ2) is 6.41. The number of benzene rings is 1. The molecule has 1 heterocycles. The van der Waals surface area contributed by atoms with E-state index in [-0.39, 0.29) is 5.75 Å². The summed E-state index contributed by atoms with van der Waals surface area (Å²) >= 11 is 0. The molecule has 0 spiro atoms. The maximum atomic E-state index is 10.9. The molecule has 0 bridgehead atoms. The molecule has 0 saturated heterocycles. The van der Waals surface area contributed by atoms with Gasteiger partial charge in [0.25, 0.3) is 0 Å². The molecular formula is C16H22O3. The monoisotopic (exact) mass is 262 g/mol. The minimum atomic E-state index is 0.145. The van der Waals surface area contributed by atoms with Crippen molar-refractivity contribution in [3.8, 4) is 5.75 Å². The number of aromatic hydroxyl groups is 1. The smallest absolute Gasteiger partial charge is 0.176 e. The van der Waals surface area contributed by atoms with Gasteiger partial charge in [-0.15, -0.1) is 0 Å². The molecule has 0 radical (unpaired) electrons. The summed E-state index contributed by atoms with van der Waals surface area (Å²) < 4.78 is 5.37. The normalized spacial score (nSPS) is 10.4. The molecule has 1 aromatic carbocycles. The largest absolute Gasteiger partial charge is 0.504 e. The molecule has 1 N–H and O–H groups in total. The fourth-order valence-electron chi connectivity index (χ4n) is 1.75. The minimum Gasteiger partial charge on any atom is -0.504 e. The average Bonchev–Trinajstić information content (AvgIpc) is 2.71. The Balaban J connectivity index is 0.000000399. The summed E-state index contributed by atoms with van der Waals surface area (Å²) in [7, 11) is 0. The first-order valence-electron chi connectivity index (χ1n) is 6.60. The third kappa shape index (κ3) is 3.60. The number of aryl methyl sites for hydroxylation is 2. The Labute approximate surface area is 114 Å². The number of rotatable bonds is 2. The van der Waals surface area contributed by atoms with Crippen molar-refractivity contribution in [1.29, 1.82) is 0 Å². The van der Waals surface area contributed by atoms with Gasteiger partial charge >= 0.3 is 0 Å². The van der Waals surface area contributed by atoms with Gasteiger partial charge < -0.3 is 9.52 Å². The first-order chi connectivity index (χ1) is 8.90. The highest BCUT2D eigenvalue weighted by atomic mass is 16.4. The number of aldehydes is 1. The lowest BCUT2D eigenvalue weighted by Gasteiger charge is -2.03. The van der Waals surface area contributed by atoms with Crippen LogP contribution in [-0.2, 0) is 6.42 Å². The maximum Gasteiger partial charge on any atom is 0.176 e. The lowest BCUT2D eigenvalue weighted by molar-refractivity contribution is 0.112. The van der Waals surface area contributed by atoms with Crippen LogP contribution >= 0.6 is 0 Å². The summed E-state index contributed by atoms with van der Waals surface area (Å²) in [6, 6.07) is 3.47. The molecule has 3 nitrogen and oxygen atoms in total. The average molecular weight is 262 g/mol. The molecule has 19 heavy (non-hydrogen) atoms. The molecule has 0 saturated carbocycles. The zero-order chi connectivity index (χ0) is 14.6. The van der Waals surface area contributed by atoms with Crippen molar-refractivity contribution < 1.29 is 14.3 Å². The lowest BCUT2D eigenvalue weighted by atomic mass is 10.0. The number of carbonyl (C=O) groups excluding carboxylic acids is 1. The highest BCUT2D eigenvalue weighted by Gasteiger charge is 2.13. The van der Waals surface area contributed by atoms with Crippen molar-refractivity contribution in [3.05, 3.63) is 29.0 Å². The molecule has 0 amide bonds. The third-order valence-corrected chi connectivity index (χ3v) is 2.52. The first kappa shape index (κ1) is 15.3. The van der Waals surface area contributed by atoms with Gasteiger partial charge in [-0.05, 0) is 37.0 Å². The van der Waals surface area contributed by atoms with Crippen LogP contribution in [0.15, 0.2) is 16.5 Å². The highest BCUT2D eigenvalue weighted by Crippen LogP contribution is 2.33. The van der Waals surface area contributed by atoms with Gasteiger partial charge in [-0.1, -0.05) is 27.7 Å². The SMILES string of the molecule is CC(C)C.CCc1cc(C=O)c2cc(C)oc2c1O. The Morgan fingerprint density at radius 2 is 1.89 bits per heavy atom. The Morgan fingerprint density at radius 3 is 2.37 bits per heavy atom. The predicted octanol–water partition coefficient (Wildman–Crippen LogP) is 4.48. The van der Waals surface area contributed by atoms with Crippen LogP contribution < -0.4 is 0 Å². The number of fused-ring (bicyclic) bond motifs is 1. The number of furan rings is 1. The standard InChI is InChI=1S/C12H12O3.C4H10/c1-3-8-5-9(6-13)10-4-7(2)15-12(10)11(8)14;1-4(2)3/h4-6,14H,3H2,1-2H3;4H,1-3H3. The summed E-state index contributed by atoms with van der Waals surface area (Å²) in [6.07, 6.45) is 1.46. The van der Waals surface area contributed by atoms with Crippen LogP contribution in [-0.4, -0.2) is 11.4 Å². The second-order valence-corrected chi connectivity index (χ2v) is 5.28. The summed E-state index contributed by atoms with van der Waals surface area (Å²) in [6.45, 7) is 10.2. The molecule has 1 aromatic heterocycles. The van der Waals surface area contributed by atoms with Gasteiger partial charge in [0, 0.05) is 10.9 Å². The van der Waals surface area contributed by atoms with Gasteiger partial charge in [-0.3, -0.25) is 4.79 Å². The summed E-state index contributed by atoms with van der Waals surface area (Å²) in [4.78, 5) is 10.9. The fourth-order valence-corrected chi connectivity index (χ4v) is 1.75. The number of hydrogen-bond acceptors (Lipinski definition) is 3. The van der Waals surface area contributed by atoms with Crippen molar-refractivity contribution >= 4 is 17.3 Å². The highest BCUT2D eigenvalue weighted by molar-refractivity contribution is 5.99. The summed E-state index contributed by atoms with van der Waals surface area (Å²) in [5.74, 6) is 1.67. The van der Waals surface area contributed by atoms with Gasteiger partial charge in [0.05, 0.1) is 0 Å². The zero-order valence-corrected chi connectivity index (χ0v) is 12.3. The summed E-state index contributed by atoms with van der Waals surface area (Å²) in [5.41, 5.74) is 1.71. The number of hydrogen-bond donors (Lipinski definition) is 1. The Hall–Kier alpha value is -1.77. The molecule has 104 valence electrons. The molecular weight excluding hydrogens is 240 g/mol. The van der Waals surface area contributed by atoms with Gasteiger partial charge in [0.2, 0.25) is 0 Å². The Bertz CT molecular complexity index is 562. The van der Waals surface area contributed by atoms with Crippen molar-refractivity contribution in [1.82, 2.24) is 0 Å². The third-order valence-electron chi connectivity index (χ3n) is 2.52. The number of phenols is 1. The molecule has 0 aliphatic carbocycles. The van der Waals surface area contributed by atoms with E-state index < -0.39 is 0 Å². The van der Waals surface area contributed by atoms with Gasteiger partial charge in [0.15, 0.2) is 17.6 Å². The minimum absolute atomic E-state index is 0.145. The number of carbonyl (C=O) groups is 1. The van der Waals surface area contributed by atoms with Crippen LogP contribution in [0.4, 0.5) is 0 Å². The van der Waals surface area contributed by atoms with E-state index in [9.17, 15) is 9.90 Å². The maximum absolute atomic E-state index is 10.9. The molecule has 0 fully saturated rings. The van der Waals surface area contributed by atoms with Crippen LogP contribution in [0.5, 0.6) is 5.75 Å². The van der Waals surface area contributed by atoms with E-state index in [0.717, 1.165) is 17.8 Å². The number of phenolic OH excluding ortho intramolecular Hbond substituents is 1. The molecule has 2 aromatic rings. The second-order valence-electron chi connectivity index (χ2n) is 5.28. The van der Waals surface area contributed by atoms with E-state index in [4.69, 9.17) is 4.42 Å². The van der Waals surface area contributed by atoms with Crippen molar-refractivity contribution in [3.63, 3.8) is 0 Å². The molecule has 2 rings (SSSR count). The summed E-state index contributed by atoms with van der Waals surface area (Å²) in [5, 5.41) is 10.6. The van der Waals surface area contributed by atoms with Crippen LogP contribution in [0.25, 0.3) is 11.0 Å². The molecule has 0 unspecified atom stereocenters. The quantitative estimate of drug-likeness (QED) is 0.811. The van der Waals surface area contributed by atoms with Crippen LogP contribution in [0, 0.1) is 12.8 Å². The van der Waals surface area contributed by atoms with E-state index in [2.05, 4.69) is 20.8 Å². The molecule has 3 heteroatoms. The van der Waals surface area contributed by atoms with Gasteiger partial charge in [-0.25, -0.2) is 0 Å². The van der Waals surface area contributed by atoms with Gasteiger partial charge in [0.1, 0.15) is 5.76 Å². The van der Waals surface area contributed by atoms with Crippen molar-refractivity contribution in [2.24, 2.45) is 5.92 Å².